The third-order valence-electron chi connectivity index (χ3n) is 2.03. The van der Waals surface area contributed by atoms with Gasteiger partial charge >= 0.3 is 0 Å². The van der Waals surface area contributed by atoms with Crippen molar-refractivity contribution in [2.75, 3.05) is 4.72 Å². The van der Waals surface area contributed by atoms with Crippen molar-refractivity contribution in [2.24, 2.45) is 0 Å². The third kappa shape index (κ3) is 3.40. The van der Waals surface area contributed by atoms with Gasteiger partial charge in [-0.2, -0.15) is 0 Å². The van der Waals surface area contributed by atoms with E-state index in [1.165, 1.54) is 18.5 Å². The topological polar surface area (TPSA) is 72.0 Å². The largest absolute Gasteiger partial charge is 0.266 e. The summed E-state index contributed by atoms with van der Waals surface area (Å²) in [5, 5.41) is 0.0245. The second-order valence-corrected chi connectivity index (χ2v) is 6.36. The number of halogens is 3. The summed E-state index contributed by atoms with van der Waals surface area (Å²) < 4.78 is 40.1. The molecule has 1 aromatic carbocycles. The Morgan fingerprint density at radius 3 is 2.68 bits per heavy atom. The van der Waals surface area contributed by atoms with Gasteiger partial charge in [0.25, 0.3) is 10.0 Å². The Hall–Kier alpha value is -1.25. The lowest BCUT2D eigenvalue weighted by atomic mass is 10.3. The minimum absolute atomic E-state index is 0.0245. The van der Waals surface area contributed by atoms with E-state index in [4.69, 9.17) is 11.6 Å². The van der Waals surface area contributed by atoms with Crippen LogP contribution in [0.1, 0.15) is 0 Å². The number of hydrogen-bond acceptors (Lipinski definition) is 4. The second-order valence-electron chi connectivity index (χ2n) is 3.41. The van der Waals surface area contributed by atoms with Gasteiger partial charge < -0.3 is 0 Å². The van der Waals surface area contributed by atoms with Crippen molar-refractivity contribution in [2.45, 2.75) is 4.90 Å². The first-order valence-electron chi connectivity index (χ1n) is 4.84. The number of sulfonamides is 1. The van der Waals surface area contributed by atoms with Crippen LogP contribution in [0.4, 0.5) is 10.2 Å². The molecule has 9 heteroatoms. The van der Waals surface area contributed by atoms with Crippen molar-refractivity contribution in [3.05, 3.63) is 46.0 Å². The van der Waals surface area contributed by atoms with Crippen molar-refractivity contribution in [3.8, 4) is 0 Å². The van der Waals surface area contributed by atoms with Crippen LogP contribution in [-0.4, -0.2) is 18.4 Å². The SMILES string of the molecule is O=S(=O)(Nc1cncc(Cl)n1)c1ccc(Br)cc1F. The van der Waals surface area contributed by atoms with Crippen LogP contribution in [-0.2, 0) is 10.0 Å². The smallest absolute Gasteiger partial charge is 0.262 e. The number of nitrogens with zero attached hydrogens (tertiary/aromatic N) is 2. The first kappa shape index (κ1) is 14.2. The molecule has 1 aromatic heterocycles. The van der Waals surface area contributed by atoms with E-state index in [2.05, 4.69) is 30.6 Å². The molecule has 0 aliphatic rings. The number of hydrogen-bond donors (Lipinski definition) is 1. The van der Waals surface area contributed by atoms with E-state index in [0.717, 1.165) is 12.1 Å². The maximum absolute atomic E-state index is 13.6. The average molecular weight is 367 g/mol. The van der Waals surface area contributed by atoms with E-state index >= 15 is 0 Å². The lowest BCUT2D eigenvalue weighted by Gasteiger charge is -2.08. The van der Waals surface area contributed by atoms with Gasteiger partial charge in [-0.25, -0.2) is 17.8 Å². The lowest BCUT2D eigenvalue weighted by molar-refractivity contribution is 0.569. The molecule has 0 bridgehead atoms. The number of anilines is 1. The molecule has 0 aliphatic carbocycles. The molecule has 0 unspecified atom stereocenters. The Morgan fingerprint density at radius 2 is 2.05 bits per heavy atom. The van der Waals surface area contributed by atoms with Crippen LogP contribution in [0.3, 0.4) is 0 Å². The normalized spacial score (nSPS) is 11.3. The predicted molar refractivity (Wildman–Crippen MR) is 72.0 cm³/mol. The van der Waals surface area contributed by atoms with Crippen molar-refractivity contribution >= 4 is 43.4 Å². The van der Waals surface area contributed by atoms with Crippen LogP contribution in [0.15, 0.2) is 40.0 Å². The van der Waals surface area contributed by atoms with Crippen molar-refractivity contribution in [3.63, 3.8) is 0 Å². The second kappa shape index (κ2) is 5.40. The average Bonchev–Trinajstić information content (AvgIpc) is 2.27. The molecule has 2 rings (SSSR count). The summed E-state index contributed by atoms with van der Waals surface area (Å²) in [4.78, 5) is 6.90. The number of aromatic nitrogens is 2. The minimum Gasteiger partial charge on any atom is -0.262 e. The van der Waals surface area contributed by atoms with Crippen molar-refractivity contribution in [1.82, 2.24) is 9.97 Å². The quantitative estimate of drug-likeness (QED) is 0.906. The summed E-state index contributed by atoms with van der Waals surface area (Å²) in [5.41, 5.74) is 0. The summed E-state index contributed by atoms with van der Waals surface area (Å²) in [5.74, 6) is -0.966. The van der Waals surface area contributed by atoms with Gasteiger partial charge in [-0.3, -0.25) is 9.71 Å². The predicted octanol–water partition coefficient (Wildman–Crippen LogP) is 2.83. The van der Waals surface area contributed by atoms with Crippen LogP contribution >= 0.6 is 27.5 Å². The van der Waals surface area contributed by atoms with Gasteiger partial charge in [-0.15, -0.1) is 0 Å². The van der Waals surface area contributed by atoms with Crippen LogP contribution in [0, 0.1) is 5.82 Å². The van der Waals surface area contributed by atoms with Crippen molar-refractivity contribution in [1.29, 1.82) is 0 Å². The fraction of sp³-hybridized carbons (Fsp3) is 0. The Morgan fingerprint density at radius 1 is 1.32 bits per heavy atom. The van der Waals surface area contributed by atoms with Gasteiger partial charge in [0.15, 0.2) is 5.82 Å². The molecule has 0 spiro atoms. The van der Waals surface area contributed by atoms with Crippen LogP contribution < -0.4 is 4.72 Å². The van der Waals surface area contributed by atoms with Crippen LogP contribution in [0.5, 0.6) is 0 Å². The first-order chi connectivity index (χ1) is 8.88. The molecule has 0 amide bonds. The highest BCUT2D eigenvalue weighted by Gasteiger charge is 2.20. The summed E-state index contributed by atoms with van der Waals surface area (Å²) in [7, 11) is -4.08. The van der Waals surface area contributed by atoms with Crippen molar-refractivity contribution < 1.29 is 12.8 Å². The van der Waals surface area contributed by atoms with Gasteiger partial charge in [0.2, 0.25) is 0 Å². The molecule has 0 saturated carbocycles. The summed E-state index contributed by atoms with van der Waals surface area (Å²) >= 11 is 8.63. The Balaban J connectivity index is 2.38. The molecule has 0 atom stereocenters. The highest BCUT2D eigenvalue weighted by Crippen LogP contribution is 2.21. The molecule has 1 N–H and O–H groups in total. The van der Waals surface area contributed by atoms with E-state index in [9.17, 15) is 12.8 Å². The van der Waals surface area contributed by atoms with E-state index < -0.39 is 20.7 Å². The number of rotatable bonds is 3. The molecular formula is C10H6BrClFN3O2S. The summed E-state index contributed by atoms with van der Waals surface area (Å²) in [6.45, 7) is 0. The van der Waals surface area contributed by atoms with E-state index in [0.29, 0.717) is 4.47 Å². The lowest BCUT2D eigenvalue weighted by Crippen LogP contribution is -2.15. The maximum Gasteiger partial charge on any atom is 0.266 e. The van der Waals surface area contributed by atoms with E-state index in [1.807, 2.05) is 0 Å². The zero-order valence-electron chi connectivity index (χ0n) is 9.14. The minimum atomic E-state index is -4.08. The molecular weight excluding hydrogens is 361 g/mol. The fourth-order valence-corrected chi connectivity index (χ4v) is 2.80. The van der Waals surface area contributed by atoms with Gasteiger partial charge in [0, 0.05) is 4.47 Å². The zero-order chi connectivity index (χ0) is 14.0. The number of benzene rings is 1. The number of nitrogens with one attached hydrogen (secondary N) is 1. The van der Waals surface area contributed by atoms with Gasteiger partial charge in [0.1, 0.15) is 15.9 Å². The van der Waals surface area contributed by atoms with Crippen LogP contribution in [0.25, 0.3) is 0 Å². The van der Waals surface area contributed by atoms with Gasteiger partial charge in [0.05, 0.1) is 12.4 Å². The molecule has 19 heavy (non-hydrogen) atoms. The highest BCUT2D eigenvalue weighted by atomic mass is 79.9. The highest BCUT2D eigenvalue weighted by molar-refractivity contribution is 9.10. The molecule has 0 aliphatic heterocycles. The monoisotopic (exact) mass is 365 g/mol. The summed E-state index contributed by atoms with van der Waals surface area (Å²) in [6.07, 6.45) is 2.42. The Labute approximate surface area is 122 Å². The standard InChI is InChI=1S/C10H6BrClFN3O2S/c11-6-1-2-8(7(13)3-6)19(17,18)16-10-5-14-4-9(12)15-10/h1-5H,(H,15,16). The zero-order valence-corrected chi connectivity index (χ0v) is 12.3. The fourth-order valence-electron chi connectivity index (χ4n) is 1.28. The summed E-state index contributed by atoms with van der Waals surface area (Å²) in [6, 6.07) is 3.61. The maximum atomic E-state index is 13.6. The Bertz CT molecular complexity index is 726. The van der Waals surface area contributed by atoms with Crippen LogP contribution in [0.2, 0.25) is 5.15 Å². The molecule has 0 saturated heterocycles. The molecule has 5 nitrogen and oxygen atoms in total. The molecule has 1 heterocycles. The molecule has 2 aromatic rings. The Kier molecular flexibility index (Phi) is 4.02. The van der Waals surface area contributed by atoms with E-state index in [-0.39, 0.29) is 11.0 Å². The molecule has 100 valence electrons. The third-order valence-corrected chi connectivity index (χ3v) is 4.09. The first-order valence-corrected chi connectivity index (χ1v) is 7.49. The van der Waals surface area contributed by atoms with Gasteiger partial charge in [-0.05, 0) is 18.2 Å². The van der Waals surface area contributed by atoms with Gasteiger partial charge in [-0.1, -0.05) is 27.5 Å². The molecule has 0 radical (unpaired) electrons. The van der Waals surface area contributed by atoms with E-state index in [1.54, 1.807) is 0 Å². The molecule has 0 fully saturated rings.